The Morgan fingerprint density at radius 3 is 2.38 bits per heavy atom. The van der Waals surface area contributed by atoms with Crippen LogP contribution in [0.2, 0.25) is 0 Å². The summed E-state index contributed by atoms with van der Waals surface area (Å²) in [7, 11) is 0. The number of nitrogens with two attached hydrogens (primary N) is 1. The SMILES string of the molecule is Cl.N=C(N)Nc1ccc(F)c2ccccc12. The van der Waals surface area contributed by atoms with Gasteiger partial charge >= 0.3 is 0 Å². The van der Waals surface area contributed by atoms with Gasteiger partial charge in [0.25, 0.3) is 0 Å². The summed E-state index contributed by atoms with van der Waals surface area (Å²) < 4.78 is 13.4. The smallest absolute Gasteiger partial charge is 0.190 e. The molecule has 0 aliphatic carbocycles. The average Bonchev–Trinajstić information content (AvgIpc) is 2.22. The molecular formula is C11H11ClFN3. The fraction of sp³-hybridized carbons (Fsp3) is 0. The first-order chi connectivity index (χ1) is 7.18. The van der Waals surface area contributed by atoms with Crippen LogP contribution in [0.25, 0.3) is 10.8 Å². The number of rotatable bonds is 1. The van der Waals surface area contributed by atoms with Gasteiger partial charge in [-0.3, -0.25) is 5.41 Å². The third-order valence-electron chi connectivity index (χ3n) is 2.14. The second-order valence-corrected chi connectivity index (χ2v) is 3.18. The molecule has 2 aromatic carbocycles. The maximum Gasteiger partial charge on any atom is 0.190 e. The Hall–Kier alpha value is -1.81. The van der Waals surface area contributed by atoms with Crippen molar-refractivity contribution < 1.29 is 4.39 Å². The van der Waals surface area contributed by atoms with E-state index in [4.69, 9.17) is 11.1 Å². The van der Waals surface area contributed by atoms with Crippen molar-refractivity contribution in [2.75, 3.05) is 5.32 Å². The van der Waals surface area contributed by atoms with Gasteiger partial charge in [0.1, 0.15) is 5.82 Å². The van der Waals surface area contributed by atoms with E-state index < -0.39 is 0 Å². The van der Waals surface area contributed by atoms with Gasteiger partial charge in [-0.25, -0.2) is 4.39 Å². The van der Waals surface area contributed by atoms with E-state index in [-0.39, 0.29) is 24.2 Å². The number of halogens is 2. The lowest BCUT2D eigenvalue weighted by Gasteiger charge is -2.08. The van der Waals surface area contributed by atoms with Crippen LogP contribution >= 0.6 is 12.4 Å². The van der Waals surface area contributed by atoms with E-state index >= 15 is 0 Å². The minimum absolute atomic E-state index is 0. The Kier molecular flexibility index (Phi) is 3.68. The summed E-state index contributed by atoms with van der Waals surface area (Å²) in [6.07, 6.45) is 0. The summed E-state index contributed by atoms with van der Waals surface area (Å²) in [5, 5.41) is 11.0. The molecule has 0 heterocycles. The van der Waals surface area contributed by atoms with E-state index in [1.165, 1.54) is 6.07 Å². The minimum atomic E-state index is -0.278. The highest BCUT2D eigenvalue weighted by Gasteiger charge is 2.04. The van der Waals surface area contributed by atoms with Crippen LogP contribution in [0.3, 0.4) is 0 Å². The molecule has 0 amide bonds. The quantitative estimate of drug-likeness (QED) is 0.529. The zero-order chi connectivity index (χ0) is 10.8. The second kappa shape index (κ2) is 4.81. The van der Waals surface area contributed by atoms with Gasteiger partial charge in [0.2, 0.25) is 0 Å². The first-order valence-corrected chi connectivity index (χ1v) is 4.47. The molecule has 0 saturated heterocycles. The number of fused-ring (bicyclic) bond motifs is 1. The van der Waals surface area contributed by atoms with Crippen molar-refractivity contribution in [3.63, 3.8) is 0 Å². The standard InChI is InChI=1S/C11H10FN3.ClH/c12-9-5-6-10(15-11(13)14)8-4-2-1-3-7(8)9;/h1-6H,(H4,13,14,15);1H. The fourth-order valence-electron chi connectivity index (χ4n) is 1.52. The molecule has 0 unspecified atom stereocenters. The maximum atomic E-state index is 13.4. The zero-order valence-electron chi connectivity index (χ0n) is 8.33. The largest absolute Gasteiger partial charge is 0.370 e. The van der Waals surface area contributed by atoms with Crippen molar-refractivity contribution in [2.45, 2.75) is 0 Å². The van der Waals surface area contributed by atoms with Crippen molar-refractivity contribution in [3.05, 3.63) is 42.2 Å². The second-order valence-electron chi connectivity index (χ2n) is 3.18. The summed E-state index contributed by atoms with van der Waals surface area (Å²) in [5.41, 5.74) is 5.87. The van der Waals surface area contributed by atoms with E-state index in [1.807, 2.05) is 6.07 Å². The predicted molar refractivity (Wildman–Crippen MR) is 66.7 cm³/mol. The molecule has 0 aromatic heterocycles. The molecule has 16 heavy (non-hydrogen) atoms. The monoisotopic (exact) mass is 239 g/mol. The average molecular weight is 240 g/mol. The van der Waals surface area contributed by atoms with Crippen molar-refractivity contribution in [1.29, 1.82) is 5.41 Å². The lowest BCUT2D eigenvalue weighted by atomic mass is 10.1. The molecule has 0 atom stereocenters. The molecule has 2 rings (SSSR count). The highest BCUT2D eigenvalue weighted by Crippen LogP contribution is 2.25. The van der Waals surface area contributed by atoms with Crippen LogP contribution in [0.15, 0.2) is 36.4 Å². The maximum absolute atomic E-state index is 13.4. The third kappa shape index (κ3) is 2.23. The molecule has 4 N–H and O–H groups in total. The van der Waals surface area contributed by atoms with Crippen LogP contribution < -0.4 is 11.1 Å². The van der Waals surface area contributed by atoms with Gasteiger partial charge in [0.05, 0.1) is 0 Å². The van der Waals surface area contributed by atoms with E-state index in [9.17, 15) is 4.39 Å². The molecule has 0 fully saturated rings. The molecule has 2 aromatic rings. The van der Waals surface area contributed by atoms with E-state index in [1.54, 1.807) is 24.3 Å². The Morgan fingerprint density at radius 2 is 1.75 bits per heavy atom. The summed E-state index contributed by atoms with van der Waals surface area (Å²) in [6, 6.07) is 9.97. The first-order valence-electron chi connectivity index (χ1n) is 4.47. The van der Waals surface area contributed by atoms with E-state index in [0.717, 1.165) is 0 Å². The first kappa shape index (κ1) is 12.3. The molecule has 0 aliphatic rings. The van der Waals surface area contributed by atoms with Crippen molar-refractivity contribution >= 4 is 34.8 Å². The molecule has 0 saturated carbocycles. The topological polar surface area (TPSA) is 61.9 Å². The van der Waals surface area contributed by atoms with Gasteiger partial charge in [-0.2, -0.15) is 0 Å². The zero-order valence-corrected chi connectivity index (χ0v) is 9.14. The van der Waals surface area contributed by atoms with Crippen LogP contribution in [0.1, 0.15) is 0 Å². The van der Waals surface area contributed by atoms with Crippen LogP contribution in [0, 0.1) is 11.2 Å². The number of nitrogens with one attached hydrogen (secondary N) is 2. The van der Waals surface area contributed by atoms with Gasteiger partial charge in [0.15, 0.2) is 5.96 Å². The number of benzene rings is 2. The van der Waals surface area contributed by atoms with E-state index in [2.05, 4.69) is 5.32 Å². The van der Waals surface area contributed by atoms with Crippen molar-refractivity contribution in [3.8, 4) is 0 Å². The summed E-state index contributed by atoms with van der Waals surface area (Å²) in [6.45, 7) is 0. The summed E-state index contributed by atoms with van der Waals surface area (Å²) >= 11 is 0. The van der Waals surface area contributed by atoms with Crippen LogP contribution in [-0.2, 0) is 0 Å². The molecular weight excluding hydrogens is 229 g/mol. The lowest BCUT2D eigenvalue weighted by molar-refractivity contribution is 0.640. The number of guanidine groups is 1. The van der Waals surface area contributed by atoms with Gasteiger partial charge in [-0.15, -0.1) is 12.4 Å². The van der Waals surface area contributed by atoms with Crippen molar-refractivity contribution in [1.82, 2.24) is 0 Å². The Labute approximate surface area is 98.4 Å². The number of hydrogen-bond acceptors (Lipinski definition) is 1. The Morgan fingerprint density at radius 1 is 1.12 bits per heavy atom. The van der Waals surface area contributed by atoms with Crippen LogP contribution in [-0.4, -0.2) is 5.96 Å². The molecule has 3 nitrogen and oxygen atoms in total. The van der Waals surface area contributed by atoms with Crippen LogP contribution in [0.5, 0.6) is 0 Å². The molecule has 84 valence electrons. The highest BCUT2D eigenvalue weighted by atomic mass is 35.5. The van der Waals surface area contributed by atoms with Gasteiger partial charge < -0.3 is 11.1 Å². The summed E-state index contributed by atoms with van der Waals surface area (Å²) in [4.78, 5) is 0. The molecule has 0 aliphatic heterocycles. The van der Waals surface area contributed by atoms with Crippen LogP contribution in [0.4, 0.5) is 10.1 Å². The normalized spacial score (nSPS) is 9.56. The van der Waals surface area contributed by atoms with Gasteiger partial charge in [-0.1, -0.05) is 24.3 Å². The lowest BCUT2D eigenvalue weighted by Crippen LogP contribution is -2.20. The highest BCUT2D eigenvalue weighted by molar-refractivity contribution is 6.01. The molecule has 0 spiro atoms. The minimum Gasteiger partial charge on any atom is -0.370 e. The predicted octanol–water partition coefficient (Wildman–Crippen LogP) is 2.71. The Balaban J connectivity index is 0.00000128. The molecule has 5 heteroatoms. The van der Waals surface area contributed by atoms with E-state index in [0.29, 0.717) is 16.5 Å². The van der Waals surface area contributed by atoms with Gasteiger partial charge in [-0.05, 0) is 12.1 Å². The Bertz CT molecular complexity index is 528. The third-order valence-corrected chi connectivity index (χ3v) is 2.14. The number of hydrogen-bond donors (Lipinski definition) is 3. The summed E-state index contributed by atoms with van der Waals surface area (Å²) in [5.74, 6) is -0.438. The number of anilines is 1. The molecule has 0 radical (unpaired) electrons. The molecule has 0 bridgehead atoms. The fourth-order valence-corrected chi connectivity index (χ4v) is 1.52. The van der Waals surface area contributed by atoms with Gasteiger partial charge in [0, 0.05) is 16.5 Å². The van der Waals surface area contributed by atoms with Crippen molar-refractivity contribution in [2.24, 2.45) is 5.73 Å².